The fraction of sp³-hybridized carbons (Fsp3) is 0.250. The lowest BCUT2D eigenvalue weighted by atomic mass is 10.1. The van der Waals surface area contributed by atoms with Gasteiger partial charge in [-0.25, -0.2) is 0 Å². The summed E-state index contributed by atoms with van der Waals surface area (Å²) in [7, 11) is 0. The Balaban J connectivity index is 1.34. The van der Waals surface area contributed by atoms with E-state index in [0.29, 0.717) is 23.3 Å². The van der Waals surface area contributed by atoms with Crippen LogP contribution in [0.3, 0.4) is 0 Å². The fourth-order valence-electron chi connectivity index (χ4n) is 3.12. The number of hydrogen-bond acceptors (Lipinski definition) is 6. The third kappa shape index (κ3) is 4.26. The zero-order valence-electron chi connectivity index (χ0n) is 15.3. The van der Waals surface area contributed by atoms with Crippen LogP contribution >= 0.6 is 22.9 Å². The molecule has 6 nitrogen and oxygen atoms in total. The number of ether oxygens (including phenoxy) is 1. The number of carbonyl (C=O) groups is 1. The molecule has 1 aliphatic rings. The van der Waals surface area contributed by atoms with Gasteiger partial charge in [0.05, 0.1) is 0 Å². The number of halogens is 1. The zero-order valence-corrected chi connectivity index (χ0v) is 16.8. The molecule has 2 aromatic heterocycles. The molecule has 1 aliphatic heterocycles. The summed E-state index contributed by atoms with van der Waals surface area (Å²) in [6, 6.07) is 12.4. The molecule has 0 fully saturated rings. The lowest BCUT2D eigenvalue weighted by Crippen LogP contribution is -2.43. The number of nitrogens with one attached hydrogen (secondary N) is 1. The van der Waals surface area contributed by atoms with Crippen molar-refractivity contribution >= 4 is 34.5 Å². The molecular weight excluding hydrogens is 396 g/mol. The molecule has 0 bridgehead atoms. The first-order valence-electron chi connectivity index (χ1n) is 8.96. The molecule has 0 saturated carbocycles. The number of benzene rings is 1. The van der Waals surface area contributed by atoms with Gasteiger partial charge in [-0.15, -0.1) is 21.5 Å². The van der Waals surface area contributed by atoms with Crippen LogP contribution in [0.5, 0.6) is 11.6 Å². The van der Waals surface area contributed by atoms with Crippen LogP contribution in [0.4, 0.5) is 5.69 Å². The zero-order chi connectivity index (χ0) is 19.5. The van der Waals surface area contributed by atoms with Crippen molar-refractivity contribution in [2.75, 3.05) is 11.9 Å². The smallest absolute Gasteiger partial charge is 0.245 e. The molecule has 0 unspecified atom stereocenters. The number of carbonyl (C=O) groups excluding carboxylic acids is 1. The van der Waals surface area contributed by atoms with Crippen LogP contribution in [0.15, 0.2) is 47.8 Å². The molecule has 0 saturated heterocycles. The second kappa shape index (κ2) is 8.16. The number of hydrogen-bond donors (Lipinski definition) is 1. The Bertz CT molecular complexity index is 959. The molecule has 144 valence electrons. The highest BCUT2D eigenvalue weighted by Gasteiger charge is 2.25. The molecular formula is C20H19ClN4O2S. The number of nitrogens with zero attached hydrogens (tertiary/aromatic N) is 3. The second-order valence-electron chi connectivity index (χ2n) is 6.57. The molecule has 1 aromatic carbocycles. The summed E-state index contributed by atoms with van der Waals surface area (Å²) in [5.41, 5.74) is 2.12. The predicted molar refractivity (Wildman–Crippen MR) is 110 cm³/mol. The Morgan fingerprint density at radius 2 is 2.04 bits per heavy atom. The van der Waals surface area contributed by atoms with Crippen LogP contribution in [-0.2, 0) is 17.8 Å². The van der Waals surface area contributed by atoms with Gasteiger partial charge >= 0.3 is 0 Å². The number of fused-ring (bicyclic) bond motifs is 1. The maximum Gasteiger partial charge on any atom is 0.245 e. The van der Waals surface area contributed by atoms with Crippen molar-refractivity contribution in [2.45, 2.75) is 25.9 Å². The SMILES string of the molecule is C[C@H](Nc1ccc(Oc2ccc(Cl)nn2)cc1)C(=O)N1CCc2sccc2C1. The van der Waals surface area contributed by atoms with Gasteiger partial charge in [0.15, 0.2) is 5.15 Å². The summed E-state index contributed by atoms with van der Waals surface area (Å²) in [6.45, 7) is 3.35. The monoisotopic (exact) mass is 414 g/mol. The number of amides is 1. The molecule has 0 aliphatic carbocycles. The van der Waals surface area contributed by atoms with Crippen molar-refractivity contribution in [3.63, 3.8) is 0 Å². The van der Waals surface area contributed by atoms with Crippen molar-refractivity contribution in [3.8, 4) is 11.6 Å². The molecule has 3 aromatic rings. The van der Waals surface area contributed by atoms with Gasteiger partial charge < -0.3 is 15.0 Å². The van der Waals surface area contributed by atoms with Gasteiger partial charge in [-0.2, -0.15) is 0 Å². The summed E-state index contributed by atoms with van der Waals surface area (Å²) in [5.74, 6) is 1.10. The number of anilines is 1. The topological polar surface area (TPSA) is 67.3 Å². The third-order valence-corrected chi connectivity index (χ3v) is 5.78. The van der Waals surface area contributed by atoms with Crippen molar-refractivity contribution in [1.29, 1.82) is 0 Å². The van der Waals surface area contributed by atoms with Gasteiger partial charge in [-0.05, 0) is 60.7 Å². The Morgan fingerprint density at radius 1 is 1.21 bits per heavy atom. The van der Waals surface area contributed by atoms with E-state index >= 15 is 0 Å². The van der Waals surface area contributed by atoms with E-state index in [-0.39, 0.29) is 11.9 Å². The molecule has 1 N–H and O–H groups in total. The largest absolute Gasteiger partial charge is 0.438 e. The van der Waals surface area contributed by atoms with Crippen LogP contribution in [0, 0.1) is 0 Å². The van der Waals surface area contributed by atoms with Gasteiger partial charge in [0.2, 0.25) is 11.8 Å². The van der Waals surface area contributed by atoms with Gasteiger partial charge in [0.1, 0.15) is 11.8 Å². The quantitative estimate of drug-likeness (QED) is 0.671. The number of aromatic nitrogens is 2. The van der Waals surface area contributed by atoms with Gasteiger partial charge in [0.25, 0.3) is 0 Å². The van der Waals surface area contributed by atoms with Crippen molar-refractivity contribution in [3.05, 3.63) is 63.4 Å². The van der Waals surface area contributed by atoms with Crippen LogP contribution in [0.1, 0.15) is 17.4 Å². The first-order valence-corrected chi connectivity index (χ1v) is 10.2. The Labute approximate surface area is 172 Å². The summed E-state index contributed by atoms with van der Waals surface area (Å²) >= 11 is 7.49. The minimum atomic E-state index is -0.311. The van der Waals surface area contributed by atoms with Crippen molar-refractivity contribution in [2.24, 2.45) is 0 Å². The van der Waals surface area contributed by atoms with E-state index < -0.39 is 0 Å². The first-order chi connectivity index (χ1) is 13.6. The standard InChI is InChI=1S/C20H19ClN4O2S/c1-13(20(26)25-10-8-17-14(12-25)9-11-28-17)22-15-2-4-16(5-3-15)27-19-7-6-18(21)23-24-19/h2-7,9,11,13,22H,8,10,12H2,1H3/t13-/m0/s1. The summed E-state index contributed by atoms with van der Waals surface area (Å²) in [4.78, 5) is 16.1. The third-order valence-electron chi connectivity index (χ3n) is 4.56. The summed E-state index contributed by atoms with van der Waals surface area (Å²) < 4.78 is 5.63. The van der Waals surface area contributed by atoms with Crippen LogP contribution in [0.2, 0.25) is 5.15 Å². The summed E-state index contributed by atoms with van der Waals surface area (Å²) in [6.07, 6.45) is 0.936. The maximum absolute atomic E-state index is 12.8. The Kier molecular flexibility index (Phi) is 5.45. The molecule has 1 atom stereocenters. The molecule has 1 amide bonds. The molecule has 0 radical (unpaired) electrons. The van der Waals surface area contributed by atoms with E-state index in [2.05, 4.69) is 27.0 Å². The Morgan fingerprint density at radius 3 is 2.79 bits per heavy atom. The predicted octanol–water partition coefficient (Wildman–Crippen LogP) is 4.37. The summed E-state index contributed by atoms with van der Waals surface area (Å²) in [5, 5.41) is 13.3. The normalized spacial score (nSPS) is 14.3. The molecule has 8 heteroatoms. The van der Waals surface area contributed by atoms with Crippen LogP contribution in [-0.4, -0.2) is 33.6 Å². The van der Waals surface area contributed by atoms with Crippen LogP contribution in [0.25, 0.3) is 0 Å². The lowest BCUT2D eigenvalue weighted by Gasteiger charge is -2.30. The molecule has 0 spiro atoms. The highest BCUT2D eigenvalue weighted by molar-refractivity contribution is 7.10. The second-order valence-corrected chi connectivity index (χ2v) is 7.95. The number of thiophene rings is 1. The number of rotatable bonds is 5. The van der Waals surface area contributed by atoms with E-state index in [9.17, 15) is 4.79 Å². The van der Waals surface area contributed by atoms with Gasteiger partial charge in [-0.1, -0.05) is 11.6 Å². The van der Waals surface area contributed by atoms with E-state index in [1.54, 1.807) is 23.5 Å². The average molecular weight is 415 g/mol. The maximum atomic E-state index is 12.8. The lowest BCUT2D eigenvalue weighted by molar-refractivity contribution is -0.132. The fourth-order valence-corrected chi connectivity index (χ4v) is 4.11. The van der Waals surface area contributed by atoms with E-state index in [4.69, 9.17) is 16.3 Å². The minimum absolute atomic E-state index is 0.105. The van der Waals surface area contributed by atoms with Gasteiger partial charge in [0, 0.05) is 29.7 Å². The van der Waals surface area contributed by atoms with E-state index in [1.165, 1.54) is 10.4 Å². The molecule has 28 heavy (non-hydrogen) atoms. The first kappa shape index (κ1) is 18.7. The molecule has 3 heterocycles. The van der Waals surface area contributed by atoms with Crippen LogP contribution < -0.4 is 10.1 Å². The minimum Gasteiger partial charge on any atom is -0.438 e. The highest BCUT2D eigenvalue weighted by Crippen LogP contribution is 2.25. The van der Waals surface area contributed by atoms with Crippen molar-refractivity contribution in [1.82, 2.24) is 15.1 Å². The van der Waals surface area contributed by atoms with Gasteiger partial charge in [-0.3, -0.25) is 4.79 Å². The van der Waals surface area contributed by atoms with E-state index in [1.807, 2.05) is 36.1 Å². The highest BCUT2D eigenvalue weighted by atomic mass is 35.5. The average Bonchev–Trinajstić information content (AvgIpc) is 3.18. The Hall–Kier alpha value is -2.64. The van der Waals surface area contributed by atoms with Crippen molar-refractivity contribution < 1.29 is 9.53 Å². The molecule has 4 rings (SSSR count). The van der Waals surface area contributed by atoms with E-state index in [0.717, 1.165) is 18.7 Å².